The first kappa shape index (κ1) is 25.6. The Kier molecular flexibility index (Phi) is 7.32. The second-order valence-corrected chi connectivity index (χ2v) is 10.7. The van der Waals surface area contributed by atoms with Crippen LogP contribution in [0.2, 0.25) is 5.02 Å². The van der Waals surface area contributed by atoms with Gasteiger partial charge in [0.2, 0.25) is 0 Å². The van der Waals surface area contributed by atoms with Gasteiger partial charge in [0.1, 0.15) is 22.9 Å². The largest absolute Gasteiger partial charge is 0.443 e. The number of H-pyrrole nitrogens is 1. The van der Waals surface area contributed by atoms with E-state index in [0.29, 0.717) is 28.1 Å². The zero-order chi connectivity index (χ0) is 26.0. The summed E-state index contributed by atoms with van der Waals surface area (Å²) in [4.78, 5) is 32.1. The van der Waals surface area contributed by atoms with Gasteiger partial charge in [-0.2, -0.15) is 5.10 Å². The first-order chi connectivity index (χ1) is 17.1. The van der Waals surface area contributed by atoms with Gasteiger partial charge in [0, 0.05) is 31.3 Å². The van der Waals surface area contributed by atoms with Crippen LogP contribution in [0.15, 0.2) is 30.7 Å². The molecule has 0 unspecified atom stereocenters. The fourth-order valence-corrected chi connectivity index (χ4v) is 4.35. The van der Waals surface area contributed by atoms with Crippen LogP contribution in [0.4, 0.5) is 15.6 Å². The van der Waals surface area contributed by atoms with E-state index in [1.54, 1.807) is 25.6 Å². The maximum atomic E-state index is 12.4. The molecule has 0 spiro atoms. The Hall–Kier alpha value is -3.44. The van der Waals surface area contributed by atoms with Crippen molar-refractivity contribution in [3.05, 3.63) is 35.7 Å². The minimum atomic E-state index is -0.583. The number of hydrogen-bond acceptors (Lipinski definition) is 8. The molecule has 0 saturated heterocycles. The molecule has 12 heteroatoms. The predicted octanol–water partition coefficient (Wildman–Crippen LogP) is 5.53. The van der Waals surface area contributed by atoms with Gasteiger partial charge in [-0.3, -0.25) is 14.6 Å². The minimum absolute atomic E-state index is 0.453. The SMILES string of the molecule is CNc1nc2[nH]nc(-n3cncc3-c3ccc(N(C)C(=O)OC(C)(C)C)cc3Cl)c2s1.O=CC1CC1. The number of benzene rings is 1. The molecule has 1 saturated carbocycles. The van der Waals surface area contributed by atoms with Crippen molar-refractivity contribution in [3.8, 4) is 17.1 Å². The zero-order valence-electron chi connectivity index (χ0n) is 20.7. The Balaban J connectivity index is 0.000000543. The minimum Gasteiger partial charge on any atom is -0.443 e. The van der Waals surface area contributed by atoms with Crippen molar-refractivity contribution in [1.29, 1.82) is 0 Å². The summed E-state index contributed by atoms with van der Waals surface area (Å²) < 4.78 is 8.18. The fraction of sp³-hybridized carbons (Fsp3) is 0.375. The summed E-state index contributed by atoms with van der Waals surface area (Å²) in [6.07, 6.45) is 6.26. The van der Waals surface area contributed by atoms with E-state index < -0.39 is 11.7 Å². The van der Waals surface area contributed by atoms with Crippen LogP contribution in [0.1, 0.15) is 33.6 Å². The van der Waals surface area contributed by atoms with Crippen molar-refractivity contribution in [2.45, 2.75) is 39.2 Å². The molecule has 3 aromatic heterocycles. The van der Waals surface area contributed by atoms with E-state index in [2.05, 4.69) is 25.5 Å². The van der Waals surface area contributed by atoms with E-state index >= 15 is 0 Å². The lowest BCUT2D eigenvalue weighted by atomic mass is 10.1. The maximum absolute atomic E-state index is 12.4. The summed E-state index contributed by atoms with van der Waals surface area (Å²) in [5, 5.41) is 11.7. The Labute approximate surface area is 217 Å². The number of rotatable bonds is 5. The number of carbonyl (C=O) groups excluding carboxylic acids is 2. The Morgan fingerprint density at radius 3 is 2.69 bits per heavy atom. The highest BCUT2D eigenvalue weighted by Gasteiger charge is 2.22. The average molecular weight is 530 g/mol. The van der Waals surface area contributed by atoms with Gasteiger partial charge in [-0.1, -0.05) is 22.9 Å². The van der Waals surface area contributed by atoms with Gasteiger partial charge in [0.05, 0.1) is 16.9 Å². The van der Waals surface area contributed by atoms with Crippen molar-refractivity contribution in [2.75, 3.05) is 24.3 Å². The second-order valence-electron chi connectivity index (χ2n) is 9.32. The predicted molar refractivity (Wildman–Crippen MR) is 142 cm³/mol. The molecule has 0 radical (unpaired) electrons. The normalized spacial score (nSPS) is 13.2. The summed E-state index contributed by atoms with van der Waals surface area (Å²) in [5.41, 5.74) is 2.27. The quantitative estimate of drug-likeness (QED) is 0.326. The molecule has 0 aliphatic heterocycles. The van der Waals surface area contributed by atoms with Crippen LogP contribution in [-0.4, -0.2) is 56.8 Å². The number of fused-ring (bicyclic) bond motifs is 1. The molecule has 3 heterocycles. The summed E-state index contributed by atoms with van der Waals surface area (Å²) >= 11 is 8.11. The number of aromatic nitrogens is 5. The van der Waals surface area contributed by atoms with Crippen LogP contribution in [0.5, 0.6) is 0 Å². The number of amides is 1. The fourth-order valence-electron chi connectivity index (χ4n) is 3.23. The number of aromatic amines is 1. The van der Waals surface area contributed by atoms with Gasteiger partial charge >= 0.3 is 6.09 Å². The van der Waals surface area contributed by atoms with E-state index in [1.807, 2.05) is 44.5 Å². The first-order valence-corrected chi connectivity index (χ1v) is 12.6. The lowest BCUT2D eigenvalue weighted by Gasteiger charge is -2.25. The molecule has 1 aliphatic carbocycles. The number of hydrogen-bond donors (Lipinski definition) is 2. The molecule has 190 valence electrons. The molecular weight excluding hydrogens is 502 g/mol. The number of nitrogens with zero attached hydrogens (tertiary/aromatic N) is 5. The Bertz CT molecular complexity index is 1380. The third kappa shape index (κ3) is 5.68. The van der Waals surface area contributed by atoms with Crippen LogP contribution in [0.3, 0.4) is 0 Å². The molecule has 1 amide bonds. The number of carbonyl (C=O) groups is 2. The number of imidazole rings is 1. The van der Waals surface area contributed by atoms with Crippen LogP contribution in [-0.2, 0) is 9.53 Å². The van der Waals surface area contributed by atoms with Crippen LogP contribution >= 0.6 is 22.9 Å². The van der Waals surface area contributed by atoms with E-state index in [0.717, 1.165) is 40.2 Å². The molecule has 1 fully saturated rings. The molecule has 5 rings (SSSR count). The van der Waals surface area contributed by atoms with Crippen molar-refractivity contribution < 1.29 is 14.3 Å². The van der Waals surface area contributed by atoms with Crippen molar-refractivity contribution in [2.24, 2.45) is 5.92 Å². The summed E-state index contributed by atoms with van der Waals surface area (Å²) in [7, 11) is 3.47. The molecule has 0 atom stereocenters. The molecule has 2 N–H and O–H groups in total. The van der Waals surface area contributed by atoms with Gasteiger partial charge in [-0.05, 0) is 51.8 Å². The van der Waals surface area contributed by atoms with E-state index in [4.69, 9.17) is 16.3 Å². The first-order valence-electron chi connectivity index (χ1n) is 11.4. The summed E-state index contributed by atoms with van der Waals surface area (Å²) in [6, 6.07) is 5.39. The highest BCUT2D eigenvalue weighted by atomic mass is 35.5. The van der Waals surface area contributed by atoms with E-state index in [9.17, 15) is 9.59 Å². The van der Waals surface area contributed by atoms with Gasteiger partial charge in [-0.15, -0.1) is 0 Å². The average Bonchev–Trinajstić information content (AvgIpc) is 3.21. The molecule has 0 bridgehead atoms. The Morgan fingerprint density at radius 1 is 1.36 bits per heavy atom. The number of nitrogens with one attached hydrogen (secondary N) is 2. The standard InChI is InChI=1S/C20H22ClN7O2S.C4H6O/c1-20(2,3)30-19(29)27(5)11-6-7-12(13(21)8-11)14-9-23-10-28(14)17-15-16(25-26-17)24-18(22-4)31-15;5-3-4-1-2-4/h6-10H,1-5H3,(H2,22,24,25,26);3-4H,1-2H2. The second kappa shape index (κ2) is 10.3. The monoisotopic (exact) mass is 529 g/mol. The number of anilines is 2. The number of ether oxygens (including phenoxy) is 1. The zero-order valence-corrected chi connectivity index (χ0v) is 22.3. The maximum Gasteiger partial charge on any atom is 0.414 e. The van der Waals surface area contributed by atoms with Crippen molar-refractivity contribution in [3.63, 3.8) is 0 Å². The van der Waals surface area contributed by atoms with Gasteiger partial charge < -0.3 is 14.8 Å². The lowest BCUT2D eigenvalue weighted by molar-refractivity contribution is -0.108. The Morgan fingerprint density at radius 2 is 2.11 bits per heavy atom. The molecule has 10 nitrogen and oxygen atoms in total. The molecule has 4 aromatic rings. The molecular formula is C24H28ClN7O3S. The van der Waals surface area contributed by atoms with Crippen molar-refractivity contribution >= 4 is 56.5 Å². The third-order valence-electron chi connectivity index (χ3n) is 5.28. The van der Waals surface area contributed by atoms with Gasteiger partial charge in [-0.25, -0.2) is 14.8 Å². The molecule has 1 aliphatic rings. The number of aldehydes is 1. The van der Waals surface area contributed by atoms with Crippen LogP contribution < -0.4 is 10.2 Å². The van der Waals surface area contributed by atoms with Gasteiger partial charge in [0.15, 0.2) is 16.6 Å². The highest BCUT2D eigenvalue weighted by Crippen LogP contribution is 2.35. The molecule has 1 aromatic carbocycles. The highest BCUT2D eigenvalue weighted by molar-refractivity contribution is 7.22. The van der Waals surface area contributed by atoms with E-state index in [1.165, 1.54) is 16.2 Å². The van der Waals surface area contributed by atoms with Crippen molar-refractivity contribution in [1.82, 2.24) is 24.7 Å². The number of halogens is 1. The third-order valence-corrected chi connectivity index (χ3v) is 6.66. The van der Waals surface area contributed by atoms with E-state index in [-0.39, 0.29) is 0 Å². The molecule has 36 heavy (non-hydrogen) atoms. The van der Waals surface area contributed by atoms with Gasteiger partial charge in [0.25, 0.3) is 0 Å². The summed E-state index contributed by atoms with van der Waals surface area (Å²) in [6.45, 7) is 5.47. The topological polar surface area (TPSA) is 118 Å². The smallest absolute Gasteiger partial charge is 0.414 e. The van der Waals surface area contributed by atoms with Crippen LogP contribution in [0.25, 0.3) is 27.4 Å². The van der Waals surface area contributed by atoms with Crippen LogP contribution in [0, 0.1) is 5.92 Å². The summed E-state index contributed by atoms with van der Waals surface area (Å²) in [5.74, 6) is 1.14. The number of thiazole rings is 1. The lowest BCUT2D eigenvalue weighted by Crippen LogP contribution is -2.34.